The van der Waals surface area contributed by atoms with Crippen LogP contribution in [0.2, 0.25) is 15.1 Å². The van der Waals surface area contributed by atoms with Crippen LogP contribution in [0.25, 0.3) is 17.4 Å². The van der Waals surface area contributed by atoms with Crippen molar-refractivity contribution in [3.05, 3.63) is 81.0 Å². The Balaban J connectivity index is 1.69. The van der Waals surface area contributed by atoms with Gasteiger partial charge in [0.15, 0.2) is 0 Å². The van der Waals surface area contributed by atoms with Crippen molar-refractivity contribution in [2.45, 2.75) is 6.18 Å². The standard InChI is InChI=1S/C20H11Cl3F3NO2/c21-12-2-5-14(15(22)10-12)18-7-3-13(29-18)4-8-19(28)27-17-6-1-11(9-16(17)23)20(24,25)26/h1-10H,(H,27,28)/b8-4+. The molecule has 9 heteroatoms. The SMILES string of the molecule is O=C(/C=C/c1ccc(-c2ccc(Cl)cc2Cl)o1)Nc1ccc(C(F)(F)F)cc1Cl. The highest BCUT2D eigenvalue weighted by Gasteiger charge is 2.30. The maximum Gasteiger partial charge on any atom is 0.416 e. The average molecular weight is 461 g/mol. The van der Waals surface area contributed by atoms with Gasteiger partial charge in [0.1, 0.15) is 11.5 Å². The number of nitrogens with one attached hydrogen (secondary N) is 1. The third-order valence-corrected chi connectivity index (χ3v) is 4.64. The zero-order valence-corrected chi connectivity index (χ0v) is 16.6. The van der Waals surface area contributed by atoms with Gasteiger partial charge in [0.25, 0.3) is 0 Å². The Morgan fingerprint density at radius 3 is 2.38 bits per heavy atom. The Kier molecular flexibility index (Phi) is 6.27. The number of anilines is 1. The van der Waals surface area contributed by atoms with E-state index < -0.39 is 17.6 Å². The van der Waals surface area contributed by atoms with Gasteiger partial charge in [-0.25, -0.2) is 0 Å². The number of rotatable bonds is 4. The van der Waals surface area contributed by atoms with Crippen LogP contribution in [0.15, 0.2) is 59.0 Å². The summed E-state index contributed by atoms with van der Waals surface area (Å²) >= 11 is 17.8. The molecular weight excluding hydrogens is 450 g/mol. The minimum Gasteiger partial charge on any atom is -0.457 e. The molecule has 1 amide bonds. The van der Waals surface area contributed by atoms with E-state index in [1.807, 2.05) is 0 Å². The number of carbonyl (C=O) groups is 1. The van der Waals surface area contributed by atoms with Crippen LogP contribution in [0.5, 0.6) is 0 Å². The van der Waals surface area contributed by atoms with Gasteiger partial charge < -0.3 is 9.73 Å². The molecule has 1 N–H and O–H groups in total. The van der Waals surface area contributed by atoms with Crippen LogP contribution in [-0.4, -0.2) is 5.91 Å². The zero-order chi connectivity index (χ0) is 21.2. The summed E-state index contributed by atoms with van der Waals surface area (Å²) in [6.45, 7) is 0. The maximum atomic E-state index is 12.7. The number of alkyl halides is 3. The highest BCUT2D eigenvalue weighted by molar-refractivity contribution is 6.36. The van der Waals surface area contributed by atoms with Crippen molar-refractivity contribution < 1.29 is 22.4 Å². The fourth-order valence-electron chi connectivity index (χ4n) is 2.40. The number of carbonyl (C=O) groups excluding carboxylic acids is 1. The first kappa shape index (κ1) is 21.3. The fraction of sp³-hybridized carbons (Fsp3) is 0.0500. The van der Waals surface area contributed by atoms with Crippen molar-refractivity contribution in [1.29, 1.82) is 0 Å². The lowest BCUT2D eigenvalue weighted by Crippen LogP contribution is -2.10. The van der Waals surface area contributed by atoms with Crippen molar-refractivity contribution in [3.63, 3.8) is 0 Å². The molecule has 0 saturated carbocycles. The molecule has 0 aliphatic heterocycles. The number of benzene rings is 2. The molecule has 0 bridgehead atoms. The molecule has 3 aromatic rings. The highest BCUT2D eigenvalue weighted by atomic mass is 35.5. The highest BCUT2D eigenvalue weighted by Crippen LogP contribution is 2.34. The Labute approximate surface area is 178 Å². The number of amides is 1. The Morgan fingerprint density at radius 2 is 1.72 bits per heavy atom. The lowest BCUT2D eigenvalue weighted by atomic mass is 10.2. The molecule has 0 spiro atoms. The van der Waals surface area contributed by atoms with Gasteiger partial charge in [-0.15, -0.1) is 0 Å². The van der Waals surface area contributed by atoms with E-state index in [4.69, 9.17) is 39.2 Å². The molecule has 0 atom stereocenters. The van der Waals surface area contributed by atoms with Gasteiger partial charge in [0, 0.05) is 16.7 Å². The quantitative estimate of drug-likeness (QED) is 0.408. The molecule has 0 fully saturated rings. The molecule has 0 saturated heterocycles. The lowest BCUT2D eigenvalue weighted by Gasteiger charge is -2.10. The summed E-state index contributed by atoms with van der Waals surface area (Å²) in [6.07, 6.45) is -1.95. The molecule has 0 aliphatic rings. The second kappa shape index (κ2) is 8.53. The van der Waals surface area contributed by atoms with Crippen LogP contribution in [0.1, 0.15) is 11.3 Å². The second-order valence-corrected chi connectivity index (χ2v) is 7.09. The monoisotopic (exact) mass is 459 g/mol. The van der Waals surface area contributed by atoms with E-state index in [1.54, 1.807) is 30.3 Å². The van der Waals surface area contributed by atoms with Crippen molar-refractivity contribution in [1.82, 2.24) is 0 Å². The third kappa shape index (κ3) is 5.35. The zero-order valence-electron chi connectivity index (χ0n) is 14.4. The van der Waals surface area contributed by atoms with Gasteiger partial charge in [-0.3, -0.25) is 4.79 Å². The van der Waals surface area contributed by atoms with Gasteiger partial charge in [-0.1, -0.05) is 34.8 Å². The van der Waals surface area contributed by atoms with Crippen LogP contribution < -0.4 is 5.32 Å². The smallest absolute Gasteiger partial charge is 0.416 e. The maximum absolute atomic E-state index is 12.7. The Hall–Kier alpha value is -2.41. The summed E-state index contributed by atoms with van der Waals surface area (Å²) in [7, 11) is 0. The molecule has 1 aromatic heterocycles. The Morgan fingerprint density at radius 1 is 0.966 bits per heavy atom. The molecule has 1 heterocycles. The van der Waals surface area contributed by atoms with Gasteiger partial charge >= 0.3 is 6.18 Å². The van der Waals surface area contributed by atoms with E-state index >= 15 is 0 Å². The molecule has 0 radical (unpaired) electrons. The topological polar surface area (TPSA) is 42.2 Å². The first-order chi connectivity index (χ1) is 13.6. The minimum atomic E-state index is -4.52. The van der Waals surface area contributed by atoms with Gasteiger partial charge in [0.05, 0.1) is 21.3 Å². The molecular formula is C20H11Cl3F3NO2. The summed E-state index contributed by atoms with van der Waals surface area (Å²) < 4.78 is 43.6. The van der Waals surface area contributed by atoms with Crippen LogP contribution in [0.3, 0.4) is 0 Å². The molecule has 0 aliphatic carbocycles. The summed E-state index contributed by atoms with van der Waals surface area (Å²) in [4.78, 5) is 12.0. The van der Waals surface area contributed by atoms with Gasteiger partial charge in [-0.2, -0.15) is 13.2 Å². The van der Waals surface area contributed by atoms with Crippen LogP contribution in [0, 0.1) is 0 Å². The summed E-state index contributed by atoms with van der Waals surface area (Å²) in [5, 5.41) is 3.09. The Bertz CT molecular complexity index is 1090. The van der Waals surface area contributed by atoms with E-state index in [0.29, 0.717) is 27.1 Å². The molecule has 3 nitrogen and oxygen atoms in total. The van der Waals surface area contributed by atoms with Crippen molar-refractivity contribution in [2.24, 2.45) is 0 Å². The van der Waals surface area contributed by atoms with E-state index in [2.05, 4.69) is 5.32 Å². The first-order valence-electron chi connectivity index (χ1n) is 8.04. The van der Waals surface area contributed by atoms with E-state index in [1.165, 1.54) is 12.2 Å². The van der Waals surface area contributed by atoms with Crippen LogP contribution in [0.4, 0.5) is 18.9 Å². The number of hydrogen-bond donors (Lipinski definition) is 1. The average Bonchev–Trinajstić information content (AvgIpc) is 3.09. The minimum absolute atomic E-state index is 0.0578. The molecule has 29 heavy (non-hydrogen) atoms. The number of hydrogen-bond acceptors (Lipinski definition) is 2. The molecule has 2 aromatic carbocycles. The lowest BCUT2D eigenvalue weighted by molar-refractivity contribution is -0.137. The molecule has 150 valence electrons. The number of furan rings is 1. The van der Waals surface area contributed by atoms with E-state index in [9.17, 15) is 18.0 Å². The van der Waals surface area contributed by atoms with E-state index in [-0.39, 0.29) is 10.7 Å². The molecule has 3 rings (SSSR count). The number of halogens is 6. The summed E-state index contributed by atoms with van der Waals surface area (Å²) in [6, 6.07) is 10.9. The van der Waals surface area contributed by atoms with Gasteiger partial charge in [-0.05, 0) is 54.6 Å². The first-order valence-corrected chi connectivity index (χ1v) is 9.18. The molecule has 0 unspecified atom stereocenters. The van der Waals surface area contributed by atoms with E-state index in [0.717, 1.165) is 18.2 Å². The van der Waals surface area contributed by atoms with Gasteiger partial charge in [0.2, 0.25) is 5.91 Å². The second-order valence-electron chi connectivity index (χ2n) is 5.84. The van der Waals surface area contributed by atoms with Crippen molar-refractivity contribution in [2.75, 3.05) is 5.32 Å². The van der Waals surface area contributed by atoms with Crippen LogP contribution in [-0.2, 0) is 11.0 Å². The van der Waals surface area contributed by atoms with Crippen molar-refractivity contribution in [3.8, 4) is 11.3 Å². The largest absolute Gasteiger partial charge is 0.457 e. The van der Waals surface area contributed by atoms with Crippen molar-refractivity contribution >= 4 is 52.5 Å². The van der Waals surface area contributed by atoms with Crippen LogP contribution >= 0.6 is 34.8 Å². The third-order valence-electron chi connectivity index (χ3n) is 3.78. The predicted octanol–water partition coefficient (Wildman–Crippen LogP) is 7.58. The fourth-order valence-corrected chi connectivity index (χ4v) is 3.13. The summed E-state index contributed by atoms with van der Waals surface area (Å²) in [5.74, 6) is 0.270. The normalized spacial score (nSPS) is 11.8. The summed E-state index contributed by atoms with van der Waals surface area (Å²) in [5.41, 5.74) is -0.209. The predicted molar refractivity (Wildman–Crippen MR) is 108 cm³/mol.